The molecule has 0 aliphatic heterocycles. The molecule has 0 spiro atoms. The zero-order valence-corrected chi connectivity index (χ0v) is 10.8. The van der Waals surface area contributed by atoms with Gasteiger partial charge in [-0.2, -0.15) is 0 Å². The van der Waals surface area contributed by atoms with Crippen LogP contribution in [0.15, 0.2) is 0 Å². The molecule has 0 bridgehead atoms. The topological polar surface area (TPSA) is 0 Å². The Kier molecular flexibility index (Phi) is 7.48. The fourth-order valence-electron chi connectivity index (χ4n) is 0.900. The maximum absolute atomic E-state index is 6.35. The third-order valence-electron chi connectivity index (χ3n) is 1.69. The number of rotatable bonds is 6. The molecule has 0 saturated carbocycles. The molecule has 3 heteroatoms. The Morgan fingerprint density at radius 1 is 1.09 bits per heavy atom. The molecule has 0 aromatic rings. The Labute approximate surface area is 83.1 Å². The van der Waals surface area contributed by atoms with Gasteiger partial charge in [0.25, 0.3) is 0 Å². The minimum absolute atomic E-state index is 1.13. The Morgan fingerprint density at radius 3 is 1.73 bits per heavy atom. The van der Waals surface area contributed by atoms with Crippen LogP contribution in [0.5, 0.6) is 0 Å². The van der Waals surface area contributed by atoms with Gasteiger partial charge in [0.05, 0.1) is 0 Å². The van der Waals surface area contributed by atoms with E-state index in [1.165, 1.54) is 38.0 Å². The molecular formula is C8H18ClPSe. The number of hydrogen-bond acceptors (Lipinski definition) is 0. The molecule has 0 saturated heterocycles. The summed E-state index contributed by atoms with van der Waals surface area (Å²) in [5, 5.41) is 0. The zero-order valence-electron chi connectivity index (χ0n) is 7.48. The third-order valence-corrected chi connectivity index (χ3v) is 6.97. The quantitative estimate of drug-likeness (QED) is 0.502. The fourth-order valence-corrected chi connectivity index (χ4v) is 5.04. The van der Waals surface area contributed by atoms with Gasteiger partial charge in [-0.1, -0.05) is 0 Å². The predicted octanol–water partition coefficient (Wildman–Crippen LogP) is 3.84. The van der Waals surface area contributed by atoms with Gasteiger partial charge < -0.3 is 0 Å². The van der Waals surface area contributed by atoms with Crippen molar-refractivity contribution in [3.63, 3.8) is 0 Å². The molecule has 0 aromatic heterocycles. The molecule has 68 valence electrons. The van der Waals surface area contributed by atoms with E-state index in [1.807, 2.05) is 0 Å². The number of unbranched alkanes of at least 4 members (excludes halogenated alkanes) is 2. The minimum atomic E-state index is -1.13. The predicted molar refractivity (Wildman–Crippen MR) is 58.1 cm³/mol. The number of halogens is 1. The number of hydrogen-bond donors (Lipinski definition) is 0. The van der Waals surface area contributed by atoms with Crippen molar-refractivity contribution in [2.24, 2.45) is 0 Å². The van der Waals surface area contributed by atoms with Crippen molar-refractivity contribution < 1.29 is 0 Å². The van der Waals surface area contributed by atoms with Crippen LogP contribution in [0.3, 0.4) is 0 Å². The van der Waals surface area contributed by atoms with Crippen LogP contribution < -0.4 is 0 Å². The molecule has 0 amide bonds. The Hall–Kier alpha value is 1.24. The standard InChI is InChI=1S/C8H18ClPSe/c1-3-5-7-10(9,11)8-6-4-2/h3-8H2,1-2H3. The van der Waals surface area contributed by atoms with Crippen molar-refractivity contribution >= 4 is 31.2 Å². The van der Waals surface area contributed by atoms with E-state index >= 15 is 0 Å². The van der Waals surface area contributed by atoms with Crippen LogP contribution in [-0.2, 0) is 0 Å². The van der Waals surface area contributed by atoms with Gasteiger partial charge in [-0.05, 0) is 0 Å². The molecule has 0 radical (unpaired) electrons. The van der Waals surface area contributed by atoms with E-state index in [1.54, 1.807) is 0 Å². The summed E-state index contributed by atoms with van der Waals surface area (Å²) in [5.41, 5.74) is 0. The summed E-state index contributed by atoms with van der Waals surface area (Å²) >= 11 is 9.55. The van der Waals surface area contributed by atoms with Gasteiger partial charge in [0.15, 0.2) is 0 Å². The first-order valence-electron chi connectivity index (χ1n) is 4.40. The van der Waals surface area contributed by atoms with Gasteiger partial charge in [0.2, 0.25) is 0 Å². The molecule has 0 heterocycles. The molecule has 0 aliphatic rings. The van der Waals surface area contributed by atoms with Crippen LogP contribution in [-0.4, -0.2) is 27.4 Å². The monoisotopic (exact) mass is 260 g/mol. The first kappa shape index (κ1) is 12.2. The van der Waals surface area contributed by atoms with Crippen LogP contribution >= 0.6 is 16.1 Å². The van der Waals surface area contributed by atoms with Gasteiger partial charge in [0, 0.05) is 0 Å². The van der Waals surface area contributed by atoms with E-state index in [4.69, 9.17) is 11.2 Å². The summed E-state index contributed by atoms with van der Waals surface area (Å²) in [7, 11) is 0. The summed E-state index contributed by atoms with van der Waals surface area (Å²) in [6.45, 7) is 4.44. The molecule has 0 N–H and O–H groups in total. The second-order valence-electron chi connectivity index (χ2n) is 2.94. The molecular weight excluding hydrogens is 241 g/mol. The Morgan fingerprint density at radius 2 is 1.45 bits per heavy atom. The summed E-state index contributed by atoms with van der Waals surface area (Å²) in [4.78, 5) is -1.13. The maximum atomic E-state index is 6.35. The normalized spacial score (nSPS) is 11.9. The van der Waals surface area contributed by atoms with Gasteiger partial charge >= 0.3 is 83.1 Å². The molecule has 0 rings (SSSR count). The van der Waals surface area contributed by atoms with Crippen LogP contribution in [0.1, 0.15) is 39.5 Å². The molecule has 0 atom stereocenters. The molecule has 0 fully saturated rings. The van der Waals surface area contributed by atoms with E-state index in [0.29, 0.717) is 0 Å². The van der Waals surface area contributed by atoms with Crippen LogP contribution in [0.25, 0.3) is 0 Å². The van der Waals surface area contributed by atoms with Crippen LogP contribution in [0, 0.1) is 0 Å². The van der Waals surface area contributed by atoms with Crippen molar-refractivity contribution in [2.45, 2.75) is 39.5 Å². The molecule has 0 aliphatic carbocycles. The third kappa shape index (κ3) is 7.60. The Bertz CT molecular complexity index is 124. The van der Waals surface area contributed by atoms with Crippen molar-refractivity contribution in [1.82, 2.24) is 0 Å². The van der Waals surface area contributed by atoms with E-state index in [2.05, 4.69) is 28.9 Å². The second kappa shape index (κ2) is 6.72. The van der Waals surface area contributed by atoms with E-state index < -0.39 is 4.86 Å². The van der Waals surface area contributed by atoms with E-state index in [0.717, 1.165) is 0 Å². The van der Waals surface area contributed by atoms with Gasteiger partial charge in [-0.25, -0.2) is 0 Å². The average Bonchev–Trinajstić information content (AvgIpc) is 1.97. The van der Waals surface area contributed by atoms with Crippen molar-refractivity contribution in [3.05, 3.63) is 0 Å². The fraction of sp³-hybridized carbons (Fsp3) is 1.00. The van der Waals surface area contributed by atoms with Gasteiger partial charge in [-0.3, -0.25) is 0 Å². The van der Waals surface area contributed by atoms with Crippen molar-refractivity contribution in [2.75, 3.05) is 12.3 Å². The van der Waals surface area contributed by atoms with E-state index in [-0.39, 0.29) is 0 Å². The summed E-state index contributed by atoms with van der Waals surface area (Å²) in [6, 6.07) is 0. The molecule has 0 unspecified atom stereocenters. The zero-order chi connectivity index (χ0) is 8.74. The van der Waals surface area contributed by atoms with Gasteiger partial charge in [-0.15, -0.1) is 0 Å². The van der Waals surface area contributed by atoms with Gasteiger partial charge in [0.1, 0.15) is 0 Å². The summed E-state index contributed by atoms with van der Waals surface area (Å²) in [5.74, 6) is 0. The van der Waals surface area contributed by atoms with Crippen LogP contribution in [0.2, 0.25) is 0 Å². The molecule has 11 heavy (non-hydrogen) atoms. The Balaban J connectivity index is 3.53. The molecule has 0 aromatic carbocycles. The van der Waals surface area contributed by atoms with E-state index in [9.17, 15) is 0 Å². The van der Waals surface area contributed by atoms with Crippen molar-refractivity contribution in [3.8, 4) is 0 Å². The van der Waals surface area contributed by atoms with Crippen molar-refractivity contribution in [1.29, 1.82) is 0 Å². The first-order valence-corrected chi connectivity index (χ1v) is 9.68. The summed E-state index contributed by atoms with van der Waals surface area (Å²) < 4.78 is 0. The molecule has 0 nitrogen and oxygen atoms in total. The SMILES string of the molecule is CCCCP(Cl)(=[Se])CCCC. The first-order chi connectivity index (χ1) is 5.12. The second-order valence-corrected chi connectivity index (χ2v) is 13.1. The van der Waals surface area contributed by atoms with Crippen LogP contribution in [0.4, 0.5) is 0 Å². The summed E-state index contributed by atoms with van der Waals surface area (Å²) in [6.07, 6.45) is 7.56. The average molecular weight is 260 g/mol.